The standard InChI is InChI=1S/C9H10BrF2N/c1-13-8-3-2-7(10)4-6(8)5-9(11)12/h2-4,9,13H,5H2,1H3. The molecule has 0 atom stereocenters. The van der Waals surface area contributed by atoms with Crippen LogP contribution in [0, 0.1) is 0 Å². The van der Waals surface area contributed by atoms with Crippen molar-refractivity contribution in [3.8, 4) is 0 Å². The van der Waals surface area contributed by atoms with E-state index in [0.717, 1.165) is 10.2 Å². The van der Waals surface area contributed by atoms with Gasteiger partial charge in [-0.3, -0.25) is 0 Å². The topological polar surface area (TPSA) is 12.0 Å². The molecule has 0 spiro atoms. The van der Waals surface area contributed by atoms with Crippen LogP contribution in [0.2, 0.25) is 0 Å². The van der Waals surface area contributed by atoms with Crippen LogP contribution in [0.3, 0.4) is 0 Å². The number of hydrogen-bond acceptors (Lipinski definition) is 1. The number of anilines is 1. The number of halogens is 3. The van der Waals surface area contributed by atoms with Gasteiger partial charge in [0.15, 0.2) is 0 Å². The fraction of sp³-hybridized carbons (Fsp3) is 0.333. The minimum Gasteiger partial charge on any atom is -0.388 e. The Balaban J connectivity index is 2.94. The van der Waals surface area contributed by atoms with E-state index in [1.54, 1.807) is 19.2 Å². The van der Waals surface area contributed by atoms with E-state index in [0.29, 0.717) is 5.56 Å². The first kappa shape index (κ1) is 10.4. The molecule has 0 amide bonds. The van der Waals surface area contributed by atoms with E-state index in [1.165, 1.54) is 0 Å². The van der Waals surface area contributed by atoms with Gasteiger partial charge in [0.05, 0.1) is 0 Å². The zero-order valence-corrected chi connectivity index (χ0v) is 8.74. The molecule has 13 heavy (non-hydrogen) atoms. The molecule has 1 aromatic carbocycles. The number of alkyl halides is 2. The van der Waals surface area contributed by atoms with Crippen LogP contribution < -0.4 is 5.32 Å². The third-order valence-corrected chi connectivity index (χ3v) is 2.20. The third-order valence-electron chi connectivity index (χ3n) is 1.71. The molecule has 0 fully saturated rings. The molecular weight excluding hydrogens is 240 g/mol. The van der Waals surface area contributed by atoms with E-state index in [4.69, 9.17) is 0 Å². The van der Waals surface area contributed by atoms with Crippen LogP contribution in [0.25, 0.3) is 0 Å². The molecule has 0 radical (unpaired) electrons. The van der Waals surface area contributed by atoms with Crippen molar-refractivity contribution >= 4 is 21.6 Å². The number of nitrogens with one attached hydrogen (secondary N) is 1. The first-order valence-electron chi connectivity index (χ1n) is 3.88. The Morgan fingerprint density at radius 3 is 2.69 bits per heavy atom. The minimum absolute atomic E-state index is 0.213. The summed E-state index contributed by atoms with van der Waals surface area (Å²) in [6, 6.07) is 5.31. The lowest BCUT2D eigenvalue weighted by Crippen LogP contribution is -2.01. The average Bonchev–Trinajstić information content (AvgIpc) is 2.03. The van der Waals surface area contributed by atoms with Crippen LogP contribution in [0.5, 0.6) is 0 Å². The summed E-state index contributed by atoms with van der Waals surface area (Å²) in [4.78, 5) is 0. The van der Waals surface area contributed by atoms with Gasteiger partial charge in [0.2, 0.25) is 6.43 Å². The van der Waals surface area contributed by atoms with Gasteiger partial charge in [-0.1, -0.05) is 15.9 Å². The molecule has 1 N–H and O–H groups in total. The van der Waals surface area contributed by atoms with Crippen molar-refractivity contribution < 1.29 is 8.78 Å². The van der Waals surface area contributed by atoms with E-state index in [2.05, 4.69) is 21.2 Å². The Hall–Kier alpha value is -0.640. The summed E-state index contributed by atoms with van der Waals surface area (Å²) in [5.74, 6) is 0. The maximum atomic E-state index is 12.1. The summed E-state index contributed by atoms with van der Waals surface area (Å²) in [5, 5.41) is 2.87. The van der Waals surface area contributed by atoms with Crippen molar-refractivity contribution in [2.75, 3.05) is 12.4 Å². The first-order valence-corrected chi connectivity index (χ1v) is 4.67. The molecular formula is C9H10BrF2N. The molecule has 0 aliphatic heterocycles. The van der Waals surface area contributed by atoms with Crippen molar-refractivity contribution in [1.29, 1.82) is 0 Å². The molecule has 0 unspecified atom stereocenters. The maximum Gasteiger partial charge on any atom is 0.242 e. The normalized spacial score (nSPS) is 10.5. The van der Waals surface area contributed by atoms with Gasteiger partial charge in [-0.2, -0.15) is 0 Å². The van der Waals surface area contributed by atoms with Crippen LogP contribution in [0.4, 0.5) is 14.5 Å². The van der Waals surface area contributed by atoms with E-state index in [-0.39, 0.29) is 6.42 Å². The zero-order chi connectivity index (χ0) is 9.84. The van der Waals surface area contributed by atoms with E-state index < -0.39 is 6.43 Å². The Morgan fingerprint density at radius 2 is 2.15 bits per heavy atom. The van der Waals surface area contributed by atoms with Crippen LogP contribution in [-0.4, -0.2) is 13.5 Å². The highest BCUT2D eigenvalue weighted by Gasteiger charge is 2.08. The van der Waals surface area contributed by atoms with Crippen LogP contribution >= 0.6 is 15.9 Å². The number of benzene rings is 1. The fourth-order valence-corrected chi connectivity index (χ4v) is 1.55. The Labute approximate surface area is 84.3 Å². The summed E-state index contributed by atoms with van der Waals surface area (Å²) >= 11 is 3.24. The quantitative estimate of drug-likeness (QED) is 0.867. The number of rotatable bonds is 3. The largest absolute Gasteiger partial charge is 0.388 e. The monoisotopic (exact) mass is 249 g/mol. The molecule has 0 aliphatic carbocycles. The van der Waals surface area contributed by atoms with E-state index >= 15 is 0 Å². The molecule has 1 rings (SSSR count). The second-order valence-corrected chi connectivity index (χ2v) is 3.56. The van der Waals surface area contributed by atoms with Gasteiger partial charge in [-0.25, -0.2) is 8.78 Å². The van der Waals surface area contributed by atoms with Crippen molar-refractivity contribution in [2.45, 2.75) is 12.8 Å². The van der Waals surface area contributed by atoms with Gasteiger partial charge in [0, 0.05) is 23.6 Å². The summed E-state index contributed by atoms with van der Waals surface area (Å²) in [6.07, 6.45) is -2.52. The Morgan fingerprint density at radius 1 is 1.46 bits per heavy atom. The average molecular weight is 250 g/mol. The van der Waals surface area contributed by atoms with Crippen LogP contribution in [-0.2, 0) is 6.42 Å². The fourth-order valence-electron chi connectivity index (χ4n) is 1.14. The highest BCUT2D eigenvalue weighted by atomic mass is 79.9. The van der Waals surface area contributed by atoms with Gasteiger partial charge >= 0.3 is 0 Å². The molecule has 0 saturated carbocycles. The molecule has 0 heterocycles. The molecule has 0 bridgehead atoms. The van der Waals surface area contributed by atoms with Gasteiger partial charge in [-0.05, 0) is 23.8 Å². The second-order valence-electron chi connectivity index (χ2n) is 2.65. The van der Waals surface area contributed by atoms with E-state index in [9.17, 15) is 8.78 Å². The van der Waals surface area contributed by atoms with E-state index in [1.807, 2.05) is 6.07 Å². The molecule has 72 valence electrons. The molecule has 0 aliphatic rings. The Bertz CT molecular complexity index is 289. The third kappa shape index (κ3) is 2.95. The predicted octanol–water partition coefficient (Wildman–Crippen LogP) is 3.30. The summed E-state index contributed by atoms with van der Waals surface area (Å²) < 4.78 is 25.1. The lowest BCUT2D eigenvalue weighted by atomic mass is 10.1. The molecule has 1 nitrogen and oxygen atoms in total. The highest BCUT2D eigenvalue weighted by molar-refractivity contribution is 9.10. The zero-order valence-electron chi connectivity index (χ0n) is 7.15. The second kappa shape index (κ2) is 4.56. The lowest BCUT2D eigenvalue weighted by molar-refractivity contribution is 0.149. The van der Waals surface area contributed by atoms with Crippen molar-refractivity contribution in [3.05, 3.63) is 28.2 Å². The Kier molecular flexibility index (Phi) is 3.66. The van der Waals surface area contributed by atoms with Crippen LogP contribution in [0.1, 0.15) is 5.56 Å². The first-order chi connectivity index (χ1) is 6.13. The molecule has 1 aromatic rings. The molecule has 0 aromatic heterocycles. The van der Waals surface area contributed by atoms with Crippen molar-refractivity contribution in [2.24, 2.45) is 0 Å². The van der Waals surface area contributed by atoms with Crippen molar-refractivity contribution in [1.82, 2.24) is 0 Å². The summed E-state index contributed by atoms with van der Waals surface area (Å²) in [5.41, 5.74) is 1.38. The van der Waals surface area contributed by atoms with Gasteiger partial charge in [0.25, 0.3) is 0 Å². The summed E-state index contributed by atoms with van der Waals surface area (Å²) in [6.45, 7) is 0. The van der Waals surface area contributed by atoms with Gasteiger partial charge in [-0.15, -0.1) is 0 Å². The predicted molar refractivity (Wildman–Crippen MR) is 53.4 cm³/mol. The molecule has 4 heteroatoms. The van der Waals surface area contributed by atoms with Gasteiger partial charge in [0.1, 0.15) is 0 Å². The van der Waals surface area contributed by atoms with Crippen molar-refractivity contribution in [3.63, 3.8) is 0 Å². The molecule has 0 saturated heterocycles. The van der Waals surface area contributed by atoms with Crippen LogP contribution in [0.15, 0.2) is 22.7 Å². The SMILES string of the molecule is CNc1ccc(Br)cc1CC(F)F. The van der Waals surface area contributed by atoms with Gasteiger partial charge < -0.3 is 5.32 Å². The maximum absolute atomic E-state index is 12.1. The minimum atomic E-state index is -2.30. The highest BCUT2D eigenvalue weighted by Crippen LogP contribution is 2.22. The number of hydrogen-bond donors (Lipinski definition) is 1. The lowest BCUT2D eigenvalue weighted by Gasteiger charge is -2.08. The smallest absolute Gasteiger partial charge is 0.242 e. The summed E-state index contributed by atoms with van der Waals surface area (Å²) in [7, 11) is 1.72.